The Morgan fingerprint density at radius 1 is 1.00 bits per heavy atom. The largest absolute Gasteiger partial charge is 0.507 e. The van der Waals surface area contributed by atoms with E-state index in [9.17, 15) is 14.7 Å². The van der Waals surface area contributed by atoms with E-state index in [2.05, 4.69) is 0 Å². The van der Waals surface area contributed by atoms with Crippen molar-refractivity contribution in [1.29, 1.82) is 0 Å². The van der Waals surface area contributed by atoms with E-state index in [1.54, 1.807) is 18.2 Å². The number of aliphatic hydroxyl groups is 1. The summed E-state index contributed by atoms with van der Waals surface area (Å²) in [5, 5.41) is 12.0. The van der Waals surface area contributed by atoms with Gasteiger partial charge in [0.1, 0.15) is 17.3 Å². The smallest absolute Gasteiger partial charge is 0.300 e. The number of rotatable bonds is 4. The lowest BCUT2D eigenvalue weighted by molar-refractivity contribution is -0.132. The van der Waals surface area contributed by atoms with Gasteiger partial charge in [0.15, 0.2) is 0 Å². The molecule has 1 fully saturated rings. The van der Waals surface area contributed by atoms with Crippen molar-refractivity contribution in [1.82, 2.24) is 0 Å². The number of benzene rings is 3. The first-order valence-electron chi connectivity index (χ1n) is 11.1. The Hall–Kier alpha value is -3.35. The van der Waals surface area contributed by atoms with Gasteiger partial charge in [0.05, 0.1) is 24.3 Å². The van der Waals surface area contributed by atoms with Gasteiger partial charge in [-0.3, -0.25) is 14.5 Å². The zero-order chi connectivity index (χ0) is 26.4. The third-order valence-corrected chi connectivity index (χ3v) is 6.53. The Morgan fingerprint density at radius 2 is 1.64 bits per heavy atom. The van der Waals surface area contributed by atoms with Crippen molar-refractivity contribution in [2.75, 3.05) is 12.0 Å². The SMILES string of the molecule is COc1ccc(C(C)(C)C)cc1/C(O)=C1\C(=O)C(=O)N(c2cc(Cl)cc(Cl)c2)C1c1ccccc1F. The fourth-order valence-electron chi connectivity index (χ4n) is 4.27. The topological polar surface area (TPSA) is 66.8 Å². The van der Waals surface area contributed by atoms with Crippen LogP contribution in [0.1, 0.15) is 43.5 Å². The summed E-state index contributed by atoms with van der Waals surface area (Å²) in [6.07, 6.45) is 0. The minimum Gasteiger partial charge on any atom is -0.507 e. The molecular weight excluding hydrogens is 504 g/mol. The molecule has 3 aromatic rings. The van der Waals surface area contributed by atoms with Crippen LogP contribution in [0.5, 0.6) is 5.75 Å². The highest BCUT2D eigenvalue weighted by Gasteiger charge is 2.48. The molecule has 186 valence electrons. The van der Waals surface area contributed by atoms with Crippen LogP contribution in [0.25, 0.3) is 5.76 Å². The standard InChI is InChI=1S/C28H24Cl2FNO4/c1-28(2,3)15-9-10-22(36-4)20(11-15)25(33)23-24(19-7-5-6-8-21(19)31)32(27(35)26(23)34)18-13-16(29)12-17(30)14-18/h5-14,24,33H,1-4H3/b25-23+. The molecule has 36 heavy (non-hydrogen) atoms. The second-order valence-corrected chi connectivity index (χ2v) is 10.4. The third kappa shape index (κ3) is 4.59. The van der Waals surface area contributed by atoms with Crippen LogP contribution in [0.3, 0.4) is 0 Å². The zero-order valence-corrected chi connectivity index (χ0v) is 21.6. The van der Waals surface area contributed by atoms with Crippen molar-refractivity contribution in [3.8, 4) is 5.75 Å². The number of hydrogen-bond donors (Lipinski definition) is 1. The maximum atomic E-state index is 15.1. The average Bonchev–Trinajstić information content (AvgIpc) is 3.07. The minimum atomic E-state index is -1.27. The molecule has 0 radical (unpaired) electrons. The molecule has 0 spiro atoms. The molecule has 8 heteroatoms. The quantitative estimate of drug-likeness (QED) is 0.224. The Morgan fingerprint density at radius 3 is 2.22 bits per heavy atom. The van der Waals surface area contributed by atoms with Crippen LogP contribution in [0.15, 0.2) is 66.2 Å². The Bertz CT molecular complexity index is 1390. The van der Waals surface area contributed by atoms with Crippen LogP contribution in [0.4, 0.5) is 10.1 Å². The molecule has 1 unspecified atom stereocenters. The van der Waals surface area contributed by atoms with Crippen molar-refractivity contribution >= 4 is 46.3 Å². The number of ketones is 1. The van der Waals surface area contributed by atoms with E-state index in [0.29, 0.717) is 5.75 Å². The molecule has 1 aliphatic rings. The van der Waals surface area contributed by atoms with E-state index in [1.807, 2.05) is 26.8 Å². The van der Waals surface area contributed by atoms with E-state index in [0.717, 1.165) is 10.5 Å². The normalized spacial score (nSPS) is 17.5. The van der Waals surface area contributed by atoms with Gasteiger partial charge in [0.25, 0.3) is 11.7 Å². The lowest BCUT2D eigenvalue weighted by Crippen LogP contribution is -2.29. The highest BCUT2D eigenvalue weighted by Crippen LogP contribution is 2.45. The predicted octanol–water partition coefficient (Wildman–Crippen LogP) is 7.06. The molecule has 1 aliphatic heterocycles. The number of carbonyl (C=O) groups is 2. The molecule has 1 heterocycles. The molecule has 1 atom stereocenters. The van der Waals surface area contributed by atoms with Crippen molar-refractivity contribution in [3.05, 3.63) is 98.8 Å². The molecule has 5 nitrogen and oxygen atoms in total. The van der Waals surface area contributed by atoms with Crippen molar-refractivity contribution < 1.29 is 23.8 Å². The van der Waals surface area contributed by atoms with E-state index in [4.69, 9.17) is 27.9 Å². The summed E-state index contributed by atoms with van der Waals surface area (Å²) in [5.41, 5.74) is 0.746. The van der Waals surface area contributed by atoms with Crippen LogP contribution >= 0.6 is 23.2 Å². The summed E-state index contributed by atoms with van der Waals surface area (Å²) in [4.78, 5) is 27.9. The monoisotopic (exact) mass is 527 g/mol. The van der Waals surface area contributed by atoms with Gasteiger partial charge < -0.3 is 9.84 Å². The number of amides is 1. The van der Waals surface area contributed by atoms with E-state index < -0.39 is 29.3 Å². The van der Waals surface area contributed by atoms with E-state index >= 15 is 4.39 Å². The van der Waals surface area contributed by atoms with Crippen molar-refractivity contribution in [2.24, 2.45) is 0 Å². The van der Waals surface area contributed by atoms with Crippen molar-refractivity contribution in [3.63, 3.8) is 0 Å². The molecular formula is C28H24Cl2FNO4. The number of halogens is 3. The van der Waals surface area contributed by atoms with Gasteiger partial charge in [-0.05, 0) is 47.4 Å². The molecule has 1 saturated heterocycles. The first-order chi connectivity index (χ1) is 16.9. The van der Waals surface area contributed by atoms with Gasteiger partial charge >= 0.3 is 0 Å². The number of aliphatic hydroxyl groups excluding tert-OH is 1. The van der Waals surface area contributed by atoms with Gasteiger partial charge in [0.2, 0.25) is 0 Å². The van der Waals surface area contributed by atoms with Gasteiger partial charge in [-0.25, -0.2) is 4.39 Å². The van der Waals surface area contributed by atoms with Crippen LogP contribution in [0.2, 0.25) is 10.0 Å². The number of methoxy groups -OCH3 is 1. The Kier molecular flexibility index (Phi) is 6.86. The fraction of sp³-hybridized carbons (Fsp3) is 0.214. The third-order valence-electron chi connectivity index (χ3n) is 6.09. The summed E-state index contributed by atoms with van der Waals surface area (Å²) in [6, 6.07) is 14.1. The van der Waals surface area contributed by atoms with E-state index in [1.165, 1.54) is 43.5 Å². The number of ether oxygens (including phenoxy) is 1. The molecule has 0 saturated carbocycles. The van der Waals surface area contributed by atoms with Gasteiger partial charge in [-0.2, -0.15) is 0 Å². The zero-order valence-electron chi connectivity index (χ0n) is 20.1. The van der Waals surface area contributed by atoms with Crippen LogP contribution in [0, 0.1) is 5.82 Å². The maximum Gasteiger partial charge on any atom is 0.300 e. The molecule has 3 aromatic carbocycles. The summed E-state index contributed by atoms with van der Waals surface area (Å²) in [6.45, 7) is 6.00. The van der Waals surface area contributed by atoms with Gasteiger partial charge in [0, 0.05) is 21.3 Å². The fourth-order valence-corrected chi connectivity index (χ4v) is 4.79. The average molecular weight is 528 g/mol. The molecule has 0 aliphatic carbocycles. The second-order valence-electron chi connectivity index (χ2n) is 9.48. The number of Topliss-reactive ketones (excluding diaryl/α,β-unsaturated/α-hetero) is 1. The van der Waals surface area contributed by atoms with Crippen LogP contribution in [-0.2, 0) is 15.0 Å². The molecule has 0 aromatic heterocycles. The highest BCUT2D eigenvalue weighted by molar-refractivity contribution is 6.52. The molecule has 1 amide bonds. The summed E-state index contributed by atoms with van der Waals surface area (Å²) in [5.74, 6) is -2.75. The summed E-state index contributed by atoms with van der Waals surface area (Å²) in [7, 11) is 1.43. The summed E-state index contributed by atoms with van der Waals surface area (Å²) < 4.78 is 20.6. The lowest BCUT2D eigenvalue weighted by atomic mass is 9.85. The first-order valence-corrected chi connectivity index (χ1v) is 11.9. The van der Waals surface area contributed by atoms with Crippen LogP contribution < -0.4 is 9.64 Å². The molecule has 0 bridgehead atoms. The number of anilines is 1. The first kappa shape index (κ1) is 25.7. The number of hydrogen-bond acceptors (Lipinski definition) is 4. The summed E-state index contributed by atoms with van der Waals surface area (Å²) >= 11 is 12.3. The predicted molar refractivity (Wildman–Crippen MR) is 139 cm³/mol. The van der Waals surface area contributed by atoms with Crippen LogP contribution in [-0.4, -0.2) is 23.9 Å². The van der Waals surface area contributed by atoms with Crippen molar-refractivity contribution in [2.45, 2.75) is 32.2 Å². The van der Waals surface area contributed by atoms with E-state index in [-0.39, 0.29) is 37.8 Å². The number of carbonyl (C=O) groups excluding carboxylic acids is 2. The highest BCUT2D eigenvalue weighted by atomic mass is 35.5. The molecule has 1 N–H and O–H groups in total. The minimum absolute atomic E-state index is 0.0280. The Balaban J connectivity index is 2.04. The second kappa shape index (κ2) is 9.60. The maximum absolute atomic E-state index is 15.1. The van der Waals surface area contributed by atoms with Gasteiger partial charge in [-0.15, -0.1) is 0 Å². The molecule has 4 rings (SSSR count). The lowest BCUT2D eigenvalue weighted by Gasteiger charge is -2.26. The van der Waals surface area contributed by atoms with Gasteiger partial charge in [-0.1, -0.05) is 68.2 Å². The number of nitrogens with zero attached hydrogens (tertiary/aromatic N) is 1. The Labute approximate surface area is 218 Å².